The van der Waals surface area contributed by atoms with Crippen molar-refractivity contribution in [1.29, 1.82) is 0 Å². The van der Waals surface area contributed by atoms with E-state index in [0.717, 1.165) is 0 Å². The fourth-order valence-electron chi connectivity index (χ4n) is 2.56. The van der Waals surface area contributed by atoms with Crippen LogP contribution in [0.1, 0.15) is 11.1 Å². The fraction of sp³-hybridized carbons (Fsp3) is 0.0909. The van der Waals surface area contributed by atoms with Gasteiger partial charge in [0.05, 0.1) is 18.9 Å². The highest BCUT2D eigenvalue weighted by atomic mass is 16.5. The molecular formula is C22H19NO5. The molecule has 0 amide bonds. The Morgan fingerprint density at radius 2 is 1.68 bits per heavy atom. The summed E-state index contributed by atoms with van der Waals surface area (Å²) in [7, 11) is 1.39. The van der Waals surface area contributed by atoms with Crippen LogP contribution in [-0.2, 0) is 9.53 Å². The van der Waals surface area contributed by atoms with Crippen LogP contribution < -0.4 is 9.47 Å². The Hall–Kier alpha value is -3.80. The maximum atomic E-state index is 11.6. The summed E-state index contributed by atoms with van der Waals surface area (Å²) < 4.78 is 16.7. The first-order chi connectivity index (χ1) is 13.6. The summed E-state index contributed by atoms with van der Waals surface area (Å²) in [6, 6.07) is 17.9. The van der Waals surface area contributed by atoms with Crippen molar-refractivity contribution in [2.24, 2.45) is 0 Å². The topological polar surface area (TPSA) is 77.9 Å². The van der Waals surface area contributed by atoms with Crippen LogP contribution in [0.2, 0.25) is 0 Å². The molecule has 0 saturated carbocycles. The summed E-state index contributed by atoms with van der Waals surface area (Å²) >= 11 is 0. The largest absolute Gasteiger partial charge is 0.503 e. The number of methoxy groups -OCH3 is 1. The highest BCUT2D eigenvalue weighted by molar-refractivity contribution is 6.15. The molecule has 1 aromatic heterocycles. The molecule has 0 unspecified atom stereocenters. The minimum Gasteiger partial charge on any atom is -0.503 e. The Labute approximate surface area is 162 Å². The monoisotopic (exact) mass is 377 g/mol. The summed E-state index contributed by atoms with van der Waals surface area (Å²) in [6.45, 7) is 1.83. The number of hydrogen-bond acceptors (Lipinski definition) is 5. The normalized spacial score (nSPS) is 11.0. The minimum absolute atomic E-state index is 0.0209. The van der Waals surface area contributed by atoms with Gasteiger partial charge in [-0.3, -0.25) is 0 Å². The molecule has 3 rings (SSSR count). The average molecular weight is 377 g/mol. The number of pyridine rings is 1. The highest BCUT2D eigenvalue weighted by Crippen LogP contribution is 2.35. The lowest BCUT2D eigenvalue weighted by Gasteiger charge is -2.14. The predicted molar refractivity (Wildman–Crippen MR) is 105 cm³/mol. The number of carboxylic acid groups (broad SMARTS) is 1. The number of ether oxygens (including phenoxy) is 3. The van der Waals surface area contributed by atoms with Gasteiger partial charge in [0, 0.05) is 11.8 Å². The van der Waals surface area contributed by atoms with Crippen LogP contribution in [0.4, 0.5) is 0 Å². The number of hydrogen-bond donors (Lipinski definition) is 1. The number of para-hydroxylation sites is 2. The molecule has 0 saturated heterocycles. The SMILES string of the molecule is CO/C=C(/C(=O)O)c1ccccc1Oc1nccc(Oc2ccccc2)c1C. The molecule has 142 valence electrons. The molecule has 6 nitrogen and oxygen atoms in total. The van der Waals surface area contributed by atoms with Crippen LogP contribution in [0.3, 0.4) is 0 Å². The first-order valence-electron chi connectivity index (χ1n) is 8.52. The standard InChI is InChI=1S/C22H19NO5/c1-15-19(27-16-8-4-3-5-9-16)12-13-23-21(15)28-20-11-7-6-10-17(20)18(14-26-2)22(24)25/h3-14H,1-2H3,(H,24,25)/b18-14+. The second-order valence-corrected chi connectivity index (χ2v) is 5.82. The number of nitrogens with zero attached hydrogens (tertiary/aromatic N) is 1. The molecule has 1 heterocycles. The molecule has 0 aliphatic carbocycles. The highest BCUT2D eigenvalue weighted by Gasteiger charge is 2.18. The second kappa shape index (κ2) is 8.73. The fourth-order valence-corrected chi connectivity index (χ4v) is 2.56. The lowest BCUT2D eigenvalue weighted by atomic mass is 10.1. The zero-order valence-corrected chi connectivity index (χ0v) is 15.5. The van der Waals surface area contributed by atoms with Crippen molar-refractivity contribution >= 4 is 11.5 Å². The molecule has 2 aromatic carbocycles. The number of carbonyl (C=O) groups is 1. The maximum absolute atomic E-state index is 11.6. The van der Waals surface area contributed by atoms with Crippen LogP contribution in [0.25, 0.3) is 5.57 Å². The summed E-state index contributed by atoms with van der Waals surface area (Å²) in [4.78, 5) is 15.8. The Morgan fingerprint density at radius 1 is 0.964 bits per heavy atom. The predicted octanol–water partition coefficient (Wildman–Crippen LogP) is 5.05. The summed E-state index contributed by atoms with van der Waals surface area (Å²) in [6.07, 6.45) is 2.74. The third kappa shape index (κ3) is 4.29. The third-order valence-corrected chi connectivity index (χ3v) is 3.93. The van der Waals surface area contributed by atoms with Crippen molar-refractivity contribution in [3.63, 3.8) is 0 Å². The molecule has 28 heavy (non-hydrogen) atoms. The van der Waals surface area contributed by atoms with E-state index in [2.05, 4.69) is 4.98 Å². The molecule has 0 fully saturated rings. The lowest BCUT2D eigenvalue weighted by molar-refractivity contribution is -0.130. The third-order valence-electron chi connectivity index (χ3n) is 3.93. The maximum Gasteiger partial charge on any atom is 0.339 e. The quantitative estimate of drug-likeness (QED) is 0.459. The van der Waals surface area contributed by atoms with E-state index in [0.29, 0.717) is 34.3 Å². The van der Waals surface area contributed by atoms with Crippen molar-refractivity contribution in [3.8, 4) is 23.1 Å². The molecule has 0 aliphatic rings. The number of benzene rings is 2. The van der Waals surface area contributed by atoms with Crippen molar-refractivity contribution < 1.29 is 24.1 Å². The van der Waals surface area contributed by atoms with Gasteiger partial charge in [-0.2, -0.15) is 0 Å². The smallest absolute Gasteiger partial charge is 0.339 e. The van der Waals surface area contributed by atoms with Gasteiger partial charge in [0.25, 0.3) is 0 Å². The van der Waals surface area contributed by atoms with Crippen molar-refractivity contribution in [2.45, 2.75) is 6.92 Å². The minimum atomic E-state index is -1.12. The number of aromatic nitrogens is 1. The molecule has 0 radical (unpaired) electrons. The molecule has 3 aromatic rings. The van der Waals surface area contributed by atoms with Gasteiger partial charge in [-0.25, -0.2) is 9.78 Å². The van der Waals surface area contributed by atoms with Crippen LogP contribution in [-0.4, -0.2) is 23.2 Å². The Kier molecular flexibility index (Phi) is 5.91. The average Bonchev–Trinajstić information content (AvgIpc) is 2.70. The van der Waals surface area contributed by atoms with Gasteiger partial charge in [0.1, 0.15) is 22.8 Å². The van der Waals surface area contributed by atoms with E-state index in [1.54, 1.807) is 36.5 Å². The van der Waals surface area contributed by atoms with E-state index in [-0.39, 0.29) is 5.57 Å². The molecule has 0 atom stereocenters. The van der Waals surface area contributed by atoms with E-state index in [4.69, 9.17) is 14.2 Å². The molecule has 0 bridgehead atoms. The van der Waals surface area contributed by atoms with E-state index in [1.165, 1.54) is 13.4 Å². The second-order valence-electron chi connectivity index (χ2n) is 5.82. The number of aliphatic carboxylic acids is 1. The molecule has 0 aliphatic heterocycles. The van der Waals surface area contributed by atoms with Crippen LogP contribution >= 0.6 is 0 Å². The van der Waals surface area contributed by atoms with Crippen molar-refractivity contribution in [2.75, 3.05) is 7.11 Å². The van der Waals surface area contributed by atoms with Crippen LogP contribution in [0.15, 0.2) is 73.1 Å². The first kappa shape index (κ1) is 19.0. The van der Waals surface area contributed by atoms with Gasteiger partial charge in [0.2, 0.25) is 5.88 Å². The number of carboxylic acids is 1. The molecular weight excluding hydrogens is 358 g/mol. The van der Waals surface area contributed by atoms with E-state index >= 15 is 0 Å². The van der Waals surface area contributed by atoms with Crippen LogP contribution in [0.5, 0.6) is 23.1 Å². The Balaban J connectivity index is 1.94. The summed E-state index contributed by atoms with van der Waals surface area (Å²) in [5.41, 5.74) is 1.05. The van der Waals surface area contributed by atoms with Gasteiger partial charge in [0.15, 0.2) is 0 Å². The van der Waals surface area contributed by atoms with Crippen molar-refractivity contribution in [1.82, 2.24) is 4.98 Å². The van der Waals surface area contributed by atoms with Gasteiger partial charge in [-0.05, 0) is 31.2 Å². The van der Waals surface area contributed by atoms with Crippen molar-refractivity contribution in [3.05, 3.63) is 84.2 Å². The zero-order chi connectivity index (χ0) is 19.9. The van der Waals surface area contributed by atoms with Gasteiger partial charge >= 0.3 is 5.97 Å². The lowest BCUT2D eigenvalue weighted by Crippen LogP contribution is -2.03. The van der Waals surface area contributed by atoms with E-state index in [9.17, 15) is 9.90 Å². The van der Waals surface area contributed by atoms with E-state index < -0.39 is 5.97 Å². The van der Waals surface area contributed by atoms with Gasteiger partial charge in [-0.15, -0.1) is 0 Å². The Morgan fingerprint density at radius 3 is 2.39 bits per heavy atom. The summed E-state index contributed by atoms with van der Waals surface area (Å²) in [5, 5.41) is 9.47. The van der Waals surface area contributed by atoms with E-state index in [1.807, 2.05) is 37.3 Å². The van der Waals surface area contributed by atoms with Crippen LogP contribution in [0, 0.1) is 6.92 Å². The summed E-state index contributed by atoms with van der Waals surface area (Å²) in [5.74, 6) is 0.839. The first-order valence-corrected chi connectivity index (χ1v) is 8.52. The zero-order valence-electron chi connectivity index (χ0n) is 15.5. The number of rotatable bonds is 7. The Bertz CT molecular complexity index is 999. The van der Waals surface area contributed by atoms with Gasteiger partial charge in [-0.1, -0.05) is 36.4 Å². The molecule has 6 heteroatoms. The van der Waals surface area contributed by atoms with Gasteiger partial charge < -0.3 is 19.3 Å². The molecule has 0 spiro atoms. The molecule has 1 N–H and O–H groups in total.